The van der Waals surface area contributed by atoms with Gasteiger partial charge in [0.2, 0.25) is 5.91 Å². The van der Waals surface area contributed by atoms with Crippen molar-refractivity contribution in [3.63, 3.8) is 0 Å². The number of para-hydroxylation sites is 1. The highest BCUT2D eigenvalue weighted by molar-refractivity contribution is 8.00. The molecule has 1 unspecified atom stereocenters. The molecule has 0 radical (unpaired) electrons. The van der Waals surface area contributed by atoms with Crippen molar-refractivity contribution in [2.45, 2.75) is 23.9 Å². The molecule has 0 saturated heterocycles. The Labute approximate surface area is 160 Å². The molecule has 26 heavy (non-hydrogen) atoms. The number of benzene rings is 1. The van der Waals surface area contributed by atoms with Crippen LogP contribution >= 0.6 is 23.1 Å². The molecule has 3 rings (SSSR count). The number of methoxy groups -OCH3 is 1. The lowest BCUT2D eigenvalue weighted by atomic mass is 10.3. The Balaban J connectivity index is 1.78. The van der Waals surface area contributed by atoms with E-state index >= 15 is 0 Å². The van der Waals surface area contributed by atoms with Crippen LogP contribution in [0.25, 0.3) is 10.7 Å². The number of thiophene rings is 1. The molecule has 0 aliphatic carbocycles. The highest BCUT2D eigenvalue weighted by Gasteiger charge is 2.24. The van der Waals surface area contributed by atoms with Crippen LogP contribution in [-0.4, -0.2) is 39.6 Å². The zero-order valence-electron chi connectivity index (χ0n) is 14.6. The number of thioether (sulfide) groups is 1. The molecule has 0 saturated carbocycles. The van der Waals surface area contributed by atoms with E-state index in [1.165, 1.54) is 11.8 Å². The van der Waals surface area contributed by atoms with Crippen molar-refractivity contribution in [2.75, 3.05) is 19.0 Å². The van der Waals surface area contributed by atoms with Crippen LogP contribution in [0.4, 0.5) is 5.69 Å². The first-order chi connectivity index (χ1) is 12.7. The average molecular weight is 389 g/mol. The molecule has 0 aliphatic heterocycles. The largest absolute Gasteiger partial charge is 0.383 e. The van der Waals surface area contributed by atoms with Crippen LogP contribution in [0.5, 0.6) is 0 Å². The predicted molar refractivity (Wildman–Crippen MR) is 106 cm³/mol. The van der Waals surface area contributed by atoms with E-state index in [9.17, 15) is 4.79 Å². The molecule has 0 aliphatic rings. The number of anilines is 1. The number of aromatic nitrogens is 3. The highest BCUT2D eigenvalue weighted by Crippen LogP contribution is 2.29. The Bertz CT molecular complexity index is 834. The minimum atomic E-state index is -0.425. The fraction of sp³-hybridized carbons (Fsp3) is 0.278. The van der Waals surface area contributed by atoms with Crippen LogP contribution in [0.1, 0.15) is 6.92 Å². The number of amides is 1. The number of hydrogen-bond donors (Lipinski definition) is 1. The molecule has 2 heterocycles. The van der Waals surface area contributed by atoms with Crippen molar-refractivity contribution in [3.8, 4) is 10.7 Å². The summed E-state index contributed by atoms with van der Waals surface area (Å²) in [5.74, 6) is 0.705. The number of nitrogens with zero attached hydrogens (tertiary/aromatic N) is 3. The monoisotopic (exact) mass is 388 g/mol. The van der Waals surface area contributed by atoms with Gasteiger partial charge in [0.25, 0.3) is 0 Å². The van der Waals surface area contributed by atoms with E-state index in [0.29, 0.717) is 5.16 Å². The van der Waals surface area contributed by atoms with Gasteiger partial charge in [-0.2, -0.15) is 0 Å². The molecule has 0 spiro atoms. The standard InChI is InChI=1S/C18H20N4O2S2/c1-3-22-16(14-10-7-11-25-14)20-21-18(22)26-15(12-24-2)17(23)19-13-8-5-4-6-9-13/h4-11,15H,3,12H2,1-2H3,(H,19,23). The number of hydrogen-bond acceptors (Lipinski definition) is 6. The van der Waals surface area contributed by atoms with Crippen molar-refractivity contribution >= 4 is 34.7 Å². The molecule has 8 heteroatoms. The van der Waals surface area contributed by atoms with Gasteiger partial charge in [0.15, 0.2) is 11.0 Å². The normalized spacial score (nSPS) is 12.1. The van der Waals surface area contributed by atoms with Gasteiger partial charge in [-0.15, -0.1) is 21.5 Å². The topological polar surface area (TPSA) is 69.0 Å². The first-order valence-electron chi connectivity index (χ1n) is 8.21. The minimum Gasteiger partial charge on any atom is -0.383 e. The Morgan fingerprint density at radius 2 is 2.08 bits per heavy atom. The van der Waals surface area contributed by atoms with E-state index in [2.05, 4.69) is 15.5 Å². The maximum atomic E-state index is 12.7. The van der Waals surface area contributed by atoms with Gasteiger partial charge in [0.05, 0.1) is 11.5 Å². The molecule has 0 fully saturated rings. The van der Waals surface area contributed by atoms with Gasteiger partial charge < -0.3 is 14.6 Å². The summed E-state index contributed by atoms with van der Waals surface area (Å²) >= 11 is 2.99. The Hall–Kier alpha value is -2.16. The second-order valence-electron chi connectivity index (χ2n) is 5.44. The molecule has 3 aromatic rings. The number of carbonyl (C=O) groups is 1. The van der Waals surface area contributed by atoms with Crippen molar-refractivity contribution in [2.24, 2.45) is 0 Å². The molecule has 0 bridgehead atoms. The molecule has 1 amide bonds. The fourth-order valence-corrected chi connectivity index (χ4v) is 4.21. The SMILES string of the molecule is CCn1c(SC(COC)C(=O)Nc2ccccc2)nnc1-c1cccs1. The number of rotatable bonds is 8. The van der Waals surface area contributed by atoms with Crippen molar-refractivity contribution in [3.05, 3.63) is 47.8 Å². The highest BCUT2D eigenvalue weighted by atomic mass is 32.2. The van der Waals surface area contributed by atoms with Gasteiger partial charge in [0, 0.05) is 19.3 Å². The van der Waals surface area contributed by atoms with Crippen LogP contribution in [0.15, 0.2) is 53.0 Å². The van der Waals surface area contributed by atoms with Gasteiger partial charge in [-0.1, -0.05) is 36.0 Å². The Kier molecular flexibility index (Phi) is 6.43. The van der Waals surface area contributed by atoms with Crippen LogP contribution in [0.2, 0.25) is 0 Å². The predicted octanol–water partition coefficient (Wildman–Crippen LogP) is 3.77. The lowest BCUT2D eigenvalue weighted by Crippen LogP contribution is -2.29. The van der Waals surface area contributed by atoms with Gasteiger partial charge in [-0.25, -0.2) is 0 Å². The Morgan fingerprint density at radius 3 is 2.73 bits per heavy atom. The van der Waals surface area contributed by atoms with Crippen molar-refractivity contribution in [1.29, 1.82) is 0 Å². The minimum absolute atomic E-state index is 0.119. The third-order valence-corrected chi connectivity index (χ3v) is 5.69. The summed E-state index contributed by atoms with van der Waals surface area (Å²) < 4.78 is 7.27. The average Bonchev–Trinajstić information content (AvgIpc) is 3.31. The first kappa shape index (κ1) is 18.6. The van der Waals surface area contributed by atoms with Crippen molar-refractivity contribution in [1.82, 2.24) is 14.8 Å². The zero-order chi connectivity index (χ0) is 18.4. The molecule has 2 aromatic heterocycles. The molecule has 1 N–H and O–H groups in total. The summed E-state index contributed by atoms with van der Waals surface area (Å²) in [5.41, 5.74) is 0.760. The molecular weight excluding hydrogens is 368 g/mol. The summed E-state index contributed by atoms with van der Waals surface area (Å²) in [6.45, 7) is 3.05. The van der Waals surface area contributed by atoms with Gasteiger partial charge in [-0.05, 0) is 30.5 Å². The smallest absolute Gasteiger partial charge is 0.240 e. The van der Waals surface area contributed by atoms with E-state index in [1.54, 1.807) is 18.4 Å². The zero-order valence-corrected chi connectivity index (χ0v) is 16.2. The molecule has 1 aromatic carbocycles. The molecule has 1 atom stereocenters. The first-order valence-corrected chi connectivity index (χ1v) is 9.97. The third-order valence-electron chi connectivity index (χ3n) is 3.67. The quantitative estimate of drug-likeness (QED) is 0.595. The van der Waals surface area contributed by atoms with Crippen LogP contribution < -0.4 is 5.32 Å². The van der Waals surface area contributed by atoms with E-state index in [-0.39, 0.29) is 12.5 Å². The number of carbonyl (C=O) groups excluding carboxylic acids is 1. The molecule has 136 valence electrons. The lowest BCUT2D eigenvalue weighted by molar-refractivity contribution is -0.116. The van der Waals surface area contributed by atoms with E-state index in [0.717, 1.165) is 22.9 Å². The fourth-order valence-electron chi connectivity index (χ4n) is 2.44. The van der Waals surface area contributed by atoms with Crippen LogP contribution in [-0.2, 0) is 16.1 Å². The molecular formula is C18H20N4O2S2. The summed E-state index contributed by atoms with van der Waals surface area (Å²) in [7, 11) is 1.59. The lowest BCUT2D eigenvalue weighted by Gasteiger charge is -2.16. The number of ether oxygens (including phenoxy) is 1. The Morgan fingerprint density at radius 1 is 1.27 bits per heavy atom. The molecule has 6 nitrogen and oxygen atoms in total. The van der Waals surface area contributed by atoms with E-state index in [1.807, 2.05) is 59.3 Å². The summed E-state index contributed by atoms with van der Waals surface area (Å²) in [4.78, 5) is 13.7. The second-order valence-corrected chi connectivity index (χ2v) is 7.56. The van der Waals surface area contributed by atoms with Crippen LogP contribution in [0.3, 0.4) is 0 Å². The van der Waals surface area contributed by atoms with E-state index < -0.39 is 5.25 Å². The maximum absolute atomic E-state index is 12.7. The maximum Gasteiger partial charge on any atom is 0.240 e. The van der Waals surface area contributed by atoms with E-state index in [4.69, 9.17) is 4.74 Å². The summed E-state index contributed by atoms with van der Waals surface area (Å²) in [6, 6.07) is 13.4. The summed E-state index contributed by atoms with van der Waals surface area (Å²) in [6.07, 6.45) is 0. The van der Waals surface area contributed by atoms with Crippen LogP contribution in [0, 0.1) is 0 Å². The number of nitrogens with one attached hydrogen (secondary N) is 1. The van der Waals surface area contributed by atoms with Gasteiger partial charge >= 0.3 is 0 Å². The second kappa shape index (κ2) is 8.98. The van der Waals surface area contributed by atoms with Gasteiger partial charge in [-0.3, -0.25) is 4.79 Å². The van der Waals surface area contributed by atoms with Gasteiger partial charge in [0.1, 0.15) is 5.25 Å². The van der Waals surface area contributed by atoms with Crippen molar-refractivity contribution < 1.29 is 9.53 Å². The summed E-state index contributed by atoms with van der Waals surface area (Å²) in [5, 5.41) is 13.8. The third kappa shape index (κ3) is 4.32.